The van der Waals surface area contributed by atoms with Crippen LogP contribution in [0.3, 0.4) is 0 Å². The number of hydrogen-bond donors (Lipinski definition) is 2. The first-order valence-corrected chi connectivity index (χ1v) is 8.21. The van der Waals surface area contributed by atoms with Crippen molar-refractivity contribution in [3.63, 3.8) is 0 Å². The summed E-state index contributed by atoms with van der Waals surface area (Å²) in [4.78, 5) is 26.1. The van der Waals surface area contributed by atoms with Crippen LogP contribution < -0.4 is 15.4 Å². The molecule has 0 saturated carbocycles. The number of rotatable bonds is 5. The highest BCUT2D eigenvalue weighted by Crippen LogP contribution is 2.28. The molecular weight excluding hydrogens is 294 g/mol. The number of carbonyl (C=O) groups excluding carboxylic acids is 2. The Balaban J connectivity index is 1.57. The summed E-state index contributed by atoms with van der Waals surface area (Å²) in [6.07, 6.45) is 2.53. The molecule has 1 aromatic carbocycles. The van der Waals surface area contributed by atoms with Crippen LogP contribution in [0.25, 0.3) is 0 Å². The molecule has 1 aromatic rings. The molecule has 2 atom stereocenters. The number of nitrogens with zero attached hydrogens (tertiary/aromatic N) is 1. The Labute approximate surface area is 136 Å². The highest BCUT2D eigenvalue weighted by atomic mass is 16.5. The lowest BCUT2D eigenvalue weighted by molar-refractivity contribution is -0.122. The lowest BCUT2D eigenvalue weighted by Crippen LogP contribution is -2.42. The van der Waals surface area contributed by atoms with Crippen LogP contribution in [0.4, 0.5) is 5.69 Å². The molecule has 2 aliphatic rings. The number of carbonyl (C=O) groups is 2. The van der Waals surface area contributed by atoms with Crippen molar-refractivity contribution in [2.75, 3.05) is 25.0 Å². The summed E-state index contributed by atoms with van der Waals surface area (Å²) in [7, 11) is 0. The molecule has 0 unspecified atom stereocenters. The Bertz CT molecular complexity index is 573. The molecule has 2 fully saturated rings. The Hall–Kier alpha value is -2.08. The minimum Gasteiger partial charge on any atom is -0.494 e. The minimum absolute atomic E-state index is 0.0413. The van der Waals surface area contributed by atoms with E-state index in [9.17, 15) is 9.59 Å². The van der Waals surface area contributed by atoms with Gasteiger partial charge < -0.3 is 15.4 Å². The van der Waals surface area contributed by atoms with Crippen LogP contribution in [0.15, 0.2) is 24.3 Å². The largest absolute Gasteiger partial charge is 0.494 e. The summed E-state index contributed by atoms with van der Waals surface area (Å²) in [6.45, 7) is 3.53. The van der Waals surface area contributed by atoms with Crippen molar-refractivity contribution in [2.24, 2.45) is 0 Å². The smallest absolute Gasteiger partial charge is 0.238 e. The zero-order valence-electron chi connectivity index (χ0n) is 13.4. The molecule has 2 saturated heterocycles. The van der Waals surface area contributed by atoms with E-state index in [-0.39, 0.29) is 23.9 Å². The number of ether oxygens (including phenoxy) is 1. The van der Waals surface area contributed by atoms with E-state index in [0.717, 1.165) is 24.3 Å². The van der Waals surface area contributed by atoms with E-state index in [1.54, 1.807) is 0 Å². The standard InChI is InChI=1S/C17H23N3O3/c1-2-23-15-7-3-12(4-8-15)19-17(22)11-20-13-5-6-14(20)10-18-16(21)9-13/h3-4,7-8,13-14H,2,5-6,9-11H2,1H3,(H,18,21)(H,19,22)/t13-,14-/m0/s1. The van der Waals surface area contributed by atoms with Crippen molar-refractivity contribution in [3.05, 3.63) is 24.3 Å². The topological polar surface area (TPSA) is 70.7 Å². The molecule has 2 heterocycles. The second-order valence-corrected chi connectivity index (χ2v) is 6.07. The molecule has 0 spiro atoms. The molecule has 2 aliphatic heterocycles. The fraction of sp³-hybridized carbons (Fsp3) is 0.529. The van der Waals surface area contributed by atoms with Gasteiger partial charge in [-0.3, -0.25) is 14.5 Å². The molecule has 124 valence electrons. The highest BCUT2D eigenvalue weighted by Gasteiger charge is 2.38. The van der Waals surface area contributed by atoms with Crippen molar-refractivity contribution < 1.29 is 14.3 Å². The Kier molecular flexibility index (Phi) is 4.81. The van der Waals surface area contributed by atoms with E-state index < -0.39 is 0 Å². The second kappa shape index (κ2) is 7.00. The molecule has 6 heteroatoms. The molecule has 2 N–H and O–H groups in total. The van der Waals surface area contributed by atoms with Crippen LogP contribution >= 0.6 is 0 Å². The van der Waals surface area contributed by atoms with E-state index in [1.165, 1.54) is 0 Å². The molecule has 2 amide bonds. The van der Waals surface area contributed by atoms with Gasteiger partial charge in [-0.1, -0.05) is 0 Å². The zero-order valence-corrected chi connectivity index (χ0v) is 13.4. The van der Waals surface area contributed by atoms with Crippen LogP contribution in [-0.2, 0) is 9.59 Å². The van der Waals surface area contributed by atoms with Crippen LogP contribution in [0.2, 0.25) is 0 Å². The summed E-state index contributed by atoms with van der Waals surface area (Å²) < 4.78 is 5.39. The molecule has 0 radical (unpaired) electrons. The first-order chi connectivity index (χ1) is 11.2. The van der Waals surface area contributed by atoms with E-state index in [2.05, 4.69) is 15.5 Å². The van der Waals surface area contributed by atoms with Crippen molar-refractivity contribution in [2.45, 2.75) is 38.3 Å². The van der Waals surface area contributed by atoms with Crippen molar-refractivity contribution in [1.82, 2.24) is 10.2 Å². The molecular formula is C17H23N3O3. The maximum Gasteiger partial charge on any atom is 0.238 e. The van der Waals surface area contributed by atoms with Gasteiger partial charge in [-0.25, -0.2) is 0 Å². The summed E-state index contributed by atoms with van der Waals surface area (Å²) in [5.74, 6) is 0.843. The quantitative estimate of drug-likeness (QED) is 0.861. The van der Waals surface area contributed by atoms with E-state index >= 15 is 0 Å². The first-order valence-electron chi connectivity index (χ1n) is 8.21. The summed E-state index contributed by atoms with van der Waals surface area (Å²) >= 11 is 0. The van der Waals surface area contributed by atoms with Gasteiger partial charge in [-0.05, 0) is 44.0 Å². The monoisotopic (exact) mass is 317 g/mol. The summed E-state index contributed by atoms with van der Waals surface area (Å²) in [6, 6.07) is 7.83. The van der Waals surface area contributed by atoms with Crippen LogP contribution in [0.5, 0.6) is 5.75 Å². The zero-order chi connectivity index (χ0) is 16.2. The Morgan fingerprint density at radius 3 is 2.78 bits per heavy atom. The third kappa shape index (κ3) is 3.82. The lowest BCUT2D eigenvalue weighted by atomic mass is 10.1. The number of fused-ring (bicyclic) bond motifs is 2. The van der Waals surface area contributed by atoms with Crippen LogP contribution in [0.1, 0.15) is 26.2 Å². The average Bonchev–Trinajstić information content (AvgIpc) is 2.80. The molecule has 2 bridgehead atoms. The summed E-state index contributed by atoms with van der Waals surface area (Å²) in [5, 5.41) is 5.84. The third-order valence-electron chi connectivity index (χ3n) is 4.50. The van der Waals surface area contributed by atoms with Crippen LogP contribution in [-0.4, -0.2) is 48.5 Å². The van der Waals surface area contributed by atoms with Gasteiger partial charge >= 0.3 is 0 Å². The number of nitrogens with one attached hydrogen (secondary N) is 2. The van der Waals surface area contributed by atoms with Gasteiger partial charge in [0, 0.05) is 30.7 Å². The van der Waals surface area contributed by atoms with E-state index in [1.807, 2.05) is 31.2 Å². The number of hydrogen-bond acceptors (Lipinski definition) is 4. The molecule has 0 aliphatic carbocycles. The van der Waals surface area contributed by atoms with Gasteiger partial charge in [0.2, 0.25) is 11.8 Å². The fourth-order valence-electron chi connectivity index (χ4n) is 3.40. The van der Waals surface area contributed by atoms with Crippen molar-refractivity contribution in [3.8, 4) is 5.75 Å². The normalized spacial score (nSPS) is 24.0. The number of amides is 2. The Morgan fingerprint density at radius 1 is 1.30 bits per heavy atom. The van der Waals surface area contributed by atoms with Gasteiger partial charge in [-0.2, -0.15) is 0 Å². The second-order valence-electron chi connectivity index (χ2n) is 6.07. The maximum atomic E-state index is 12.3. The number of anilines is 1. The van der Waals surface area contributed by atoms with Gasteiger partial charge in [0.25, 0.3) is 0 Å². The van der Waals surface area contributed by atoms with Crippen molar-refractivity contribution >= 4 is 17.5 Å². The van der Waals surface area contributed by atoms with Gasteiger partial charge in [0.1, 0.15) is 5.75 Å². The minimum atomic E-state index is -0.0413. The predicted molar refractivity (Wildman–Crippen MR) is 87.4 cm³/mol. The lowest BCUT2D eigenvalue weighted by Gasteiger charge is -2.26. The van der Waals surface area contributed by atoms with Gasteiger partial charge in [0.05, 0.1) is 13.2 Å². The maximum absolute atomic E-state index is 12.3. The van der Waals surface area contributed by atoms with Gasteiger partial charge in [0.15, 0.2) is 0 Å². The van der Waals surface area contributed by atoms with Crippen LogP contribution in [0, 0.1) is 0 Å². The van der Waals surface area contributed by atoms with E-state index in [0.29, 0.717) is 26.1 Å². The highest BCUT2D eigenvalue weighted by molar-refractivity contribution is 5.92. The van der Waals surface area contributed by atoms with Crippen molar-refractivity contribution in [1.29, 1.82) is 0 Å². The SMILES string of the molecule is CCOc1ccc(NC(=O)CN2[C@H]3CC[C@H]2CC(=O)NC3)cc1. The predicted octanol–water partition coefficient (Wildman–Crippen LogP) is 1.38. The van der Waals surface area contributed by atoms with E-state index in [4.69, 9.17) is 4.74 Å². The fourth-order valence-corrected chi connectivity index (χ4v) is 3.40. The number of benzene rings is 1. The molecule has 0 aromatic heterocycles. The molecule has 3 rings (SSSR count). The Morgan fingerprint density at radius 2 is 2.04 bits per heavy atom. The average molecular weight is 317 g/mol. The summed E-state index contributed by atoms with van der Waals surface area (Å²) in [5.41, 5.74) is 0.759. The first kappa shape index (κ1) is 15.8. The third-order valence-corrected chi connectivity index (χ3v) is 4.50. The molecule has 6 nitrogen and oxygen atoms in total. The molecule has 23 heavy (non-hydrogen) atoms. The van der Waals surface area contributed by atoms with Gasteiger partial charge in [-0.15, -0.1) is 0 Å².